The second-order valence-electron chi connectivity index (χ2n) is 6.98. The van der Waals surface area contributed by atoms with Crippen LogP contribution in [0.4, 0.5) is 0 Å². The van der Waals surface area contributed by atoms with Crippen LogP contribution in [-0.2, 0) is 4.79 Å². The molecule has 1 aromatic rings. The lowest BCUT2D eigenvalue weighted by molar-refractivity contribution is -0.114. The Kier molecular flexibility index (Phi) is 4.40. The highest BCUT2D eigenvalue weighted by Crippen LogP contribution is 2.31. The quantitative estimate of drug-likeness (QED) is 0.773. The van der Waals surface area contributed by atoms with Crippen molar-refractivity contribution in [1.29, 1.82) is 5.41 Å². The summed E-state index contributed by atoms with van der Waals surface area (Å²) in [4.78, 5) is 18.8. The first-order chi connectivity index (χ1) is 12.5. The summed E-state index contributed by atoms with van der Waals surface area (Å²) in [7, 11) is 0. The van der Waals surface area contributed by atoms with E-state index in [1.54, 1.807) is 6.08 Å². The first-order valence-electron chi connectivity index (χ1n) is 8.83. The van der Waals surface area contributed by atoms with Crippen molar-refractivity contribution >= 4 is 39.9 Å². The molecule has 3 heterocycles. The van der Waals surface area contributed by atoms with Gasteiger partial charge in [-0.25, -0.2) is 0 Å². The van der Waals surface area contributed by atoms with E-state index < -0.39 is 0 Å². The Morgan fingerprint density at radius 2 is 1.88 bits per heavy atom. The minimum absolute atomic E-state index is 0.0912. The maximum atomic E-state index is 12.4. The summed E-state index contributed by atoms with van der Waals surface area (Å²) in [6, 6.07) is 7.84. The fraction of sp³-hybridized carbons (Fsp3) is 0.368. The van der Waals surface area contributed by atoms with Gasteiger partial charge in [0.15, 0.2) is 11.0 Å². The molecule has 0 unspecified atom stereocenters. The van der Waals surface area contributed by atoms with Gasteiger partial charge in [0, 0.05) is 13.1 Å². The summed E-state index contributed by atoms with van der Waals surface area (Å²) in [6.45, 7) is 6.20. The molecular weight excluding hydrogens is 346 g/mol. The van der Waals surface area contributed by atoms with Gasteiger partial charge in [-0.3, -0.25) is 10.2 Å². The SMILES string of the molecule is Cc1ccc(/C=C2\C(=N)N3N=C(N4CCC(C)CC4)SC3=NC2=O)cc1. The van der Waals surface area contributed by atoms with E-state index in [9.17, 15) is 4.79 Å². The Labute approximate surface area is 157 Å². The number of nitrogens with zero attached hydrogens (tertiary/aromatic N) is 4. The third-order valence-electron chi connectivity index (χ3n) is 4.89. The zero-order chi connectivity index (χ0) is 18.3. The van der Waals surface area contributed by atoms with E-state index in [1.165, 1.54) is 16.8 Å². The predicted molar refractivity (Wildman–Crippen MR) is 106 cm³/mol. The molecule has 0 radical (unpaired) electrons. The molecule has 7 heteroatoms. The van der Waals surface area contributed by atoms with Gasteiger partial charge >= 0.3 is 0 Å². The van der Waals surface area contributed by atoms with Crippen LogP contribution in [-0.4, -0.2) is 45.1 Å². The molecule has 3 aliphatic rings. The highest BCUT2D eigenvalue weighted by Gasteiger charge is 2.37. The average Bonchev–Trinajstić information content (AvgIpc) is 3.05. The van der Waals surface area contributed by atoms with Crippen molar-refractivity contribution in [3.63, 3.8) is 0 Å². The summed E-state index contributed by atoms with van der Waals surface area (Å²) in [5.74, 6) is 0.452. The van der Waals surface area contributed by atoms with Crippen molar-refractivity contribution in [2.24, 2.45) is 16.0 Å². The van der Waals surface area contributed by atoms with Crippen molar-refractivity contribution in [3.8, 4) is 0 Å². The van der Waals surface area contributed by atoms with Crippen molar-refractivity contribution < 1.29 is 4.79 Å². The molecule has 4 rings (SSSR count). The standard InChI is InChI=1S/C19H21N5OS/c1-12-3-5-14(6-4-12)11-15-16(20)24-18(21-17(15)25)26-19(22-24)23-9-7-13(2)8-10-23/h3-6,11,13,20H,7-10H2,1-2H3/b15-11+,20-16?. The first kappa shape index (κ1) is 17.0. The number of aliphatic imine (C=N–C) groups is 1. The van der Waals surface area contributed by atoms with E-state index >= 15 is 0 Å². The predicted octanol–water partition coefficient (Wildman–Crippen LogP) is 3.30. The molecule has 0 saturated carbocycles. The van der Waals surface area contributed by atoms with Crippen LogP contribution in [0, 0.1) is 18.3 Å². The minimum atomic E-state index is -0.377. The van der Waals surface area contributed by atoms with Crippen molar-refractivity contribution in [2.75, 3.05) is 13.1 Å². The number of hydrogen-bond donors (Lipinski definition) is 1. The van der Waals surface area contributed by atoms with Crippen LogP contribution < -0.4 is 0 Å². The molecule has 1 fully saturated rings. The maximum absolute atomic E-state index is 12.4. The van der Waals surface area contributed by atoms with Gasteiger partial charge in [0.2, 0.25) is 5.17 Å². The van der Waals surface area contributed by atoms with Crippen molar-refractivity contribution in [2.45, 2.75) is 26.7 Å². The summed E-state index contributed by atoms with van der Waals surface area (Å²) in [5, 5.41) is 15.8. The van der Waals surface area contributed by atoms with Gasteiger partial charge in [-0.05, 0) is 49.1 Å². The molecule has 3 aliphatic heterocycles. The van der Waals surface area contributed by atoms with Gasteiger partial charge in [-0.15, -0.1) is 5.10 Å². The zero-order valence-corrected chi connectivity index (χ0v) is 15.7. The van der Waals surface area contributed by atoms with E-state index in [0.29, 0.717) is 5.17 Å². The van der Waals surface area contributed by atoms with Crippen LogP contribution in [0.5, 0.6) is 0 Å². The fourth-order valence-corrected chi connectivity index (χ4v) is 4.08. The summed E-state index contributed by atoms with van der Waals surface area (Å²) >= 11 is 1.38. The molecule has 26 heavy (non-hydrogen) atoms. The van der Waals surface area contributed by atoms with Crippen LogP contribution >= 0.6 is 11.8 Å². The summed E-state index contributed by atoms with van der Waals surface area (Å²) in [6.07, 6.45) is 3.99. The summed E-state index contributed by atoms with van der Waals surface area (Å²) in [5.41, 5.74) is 2.30. The van der Waals surface area contributed by atoms with E-state index in [0.717, 1.165) is 48.1 Å². The van der Waals surface area contributed by atoms with Gasteiger partial charge in [0.25, 0.3) is 5.91 Å². The third-order valence-corrected chi connectivity index (χ3v) is 5.86. The number of nitrogens with one attached hydrogen (secondary N) is 1. The molecule has 1 aromatic carbocycles. The number of thioether (sulfide) groups is 1. The number of carbonyl (C=O) groups is 1. The van der Waals surface area contributed by atoms with Crippen LogP contribution in [0.25, 0.3) is 6.08 Å². The fourth-order valence-electron chi connectivity index (χ4n) is 3.14. The monoisotopic (exact) mass is 367 g/mol. The number of benzene rings is 1. The zero-order valence-electron chi connectivity index (χ0n) is 14.9. The molecular formula is C19H21N5OS. The molecule has 1 N–H and O–H groups in total. The number of carbonyl (C=O) groups excluding carboxylic acids is 1. The molecule has 6 nitrogen and oxygen atoms in total. The lowest BCUT2D eigenvalue weighted by Gasteiger charge is -2.30. The Morgan fingerprint density at radius 1 is 1.19 bits per heavy atom. The van der Waals surface area contributed by atoms with E-state index in [-0.39, 0.29) is 17.3 Å². The topological polar surface area (TPSA) is 72.1 Å². The number of aryl methyl sites for hydroxylation is 1. The van der Waals surface area contributed by atoms with Gasteiger partial charge in [-0.2, -0.15) is 10.0 Å². The van der Waals surface area contributed by atoms with Gasteiger partial charge < -0.3 is 4.90 Å². The van der Waals surface area contributed by atoms with Crippen LogP contribution in [0.3, 0.4) is 0 Å². The molecule has 0 aliphatic carbocycles. The van der Waals surface area contributed by atoms with E-state index in [1.807, 2.05) is 31.2 Å². The largest absolute Gasteiger partial charge is 0.349 e. The van der Waals surface area contributed by atoms with E-state index in [2.05, 4.69) is 21.9 Å². The number of amides is 1. The van der Waals surface area contributed by atoms with Crippen molar-refractivity contribution in [1.82, 2.24) is 9.91 Å². The van der Waals surface area contributed by atoms with Crippen molar-refractivity contribution in [3.05, 3.63) is 41.0 Å². The molecule has 0 bridgehead atoms. The number of fused-ring (bicyclic) bond motifs is 1. The van der Waals surface area contributed by atoms with Crippen LogP contribution in [0.1, 0.15) is 30.9 Å². The smallest absolute Gasteiger partial charge is 0.283 e. The highest BCUT2D eigenvalue weighted by molar-refractivity contribution is 8.26. The molecule has 0 aromatic heterocycles. The Bertz CT molecular complexity index is 847. The number of piperidine rings is 1. The molecule has 0 atom stereocenters. The number of hydrogen-bond acceptors (Lipinski definition) is 5. The van der Waals surface area contributed by atoms with Crippen LogP contribution in [0.15, 0.2) is 39.9 Å². The number of rotatable bonds is 1. The molecule has 0 spiro atoms. The second kappa shape index (κ2) is 6.72. The molecule has 1 saturated heterocycles. The average molecular weight is 367 g/mol. The number of hydrazone groups is 1. The third kappa shape index (κ3) is 3.19. The lowest BCUT2D eigenvalue weighted by atomic mass is 10.00. The van der Waals surface area contributed by atoms with Crippen LogP contribution in [0.2, 0.25) is 0 Å². The highest BCUT2D eigenvalue weighted by atomic mass is 32.2. The maximum Gasteiger partial charge on any atom is 0.283 e. The van der Waals surface area contributed by atoms with Gasteiger partial charge in [0.1, 0.15) is 0 Å². The number of likely N-dealkylation sites (tertiary alicyclic amines) is 1. The molecule has 134 valence electrons. The lowest BCUT2D eigenvalue weighted by Crippen LogP contribution is -2.36. The second-order valence-corrected chi connectivity index (χ2v) is 7.92. The first-order valence-corrected chi connectivity index (χ1v) is 9.65. The summed E-state index contributed by atoms with van der Waals surface area (Å²) < 4.78 is 0. The van der Waals surface area contributed by atoms with Gasteiger partial charge in [-0.1, -0.05) is 36.8 Å². The molecule has 1 amide bonds. The minimum Gasteiger partial charge on any atom is -0.349 e. The Morgan fingerprint density at radius 3 is 2.58 bits per heavy atom. The number of amidine groups is 3. The van der Waals surface area contributed by atoms with Gasteiger partial charge in [0.05, 0.1) is 5.57 Å². The van der Waals surface area contributed by atoms with E-state index in [4.69, 9.17) is 5.41 Å². The Balaban J connectivity index is 1.59. The normalized spacial score (nSPS) is 22.6. The Hall–Kier alpha value is -2.41.